The van der Waals surface area contributed by atoms with Crippen molar-refractivity contribution >= 4 is 85.3 Å². The lowest BCUT2D eigenvalue weighted by atomic mass is 10.1. The predicted molar refractivity (Wildman–Crippen MR) is 121 cm³/mol. The van der Waals surface area contributed by atoms with E-state index in [1.807, 2.05) is 13.0 Å². The monoisotopic (exact) mass is 687 g/mol. The fourth-order valence-electron chi connectivity index (χ4n) is 1.92. The number of amides is 1. The van der Waals surface area contributed by atoms with Gasteiger partial charge in [-0.05, 0) is 80.3 Å². The van der Waals surface area contributed by atoms with Crippen LogP contribution in [0.1, 0.15) is 26.7 Å². The number of rotatable bonds is 10. The Morgan fingerprint density at radius 1 is 1.24 bits per heavy atom. The first-order valence-electron chi connectivity index (χ1n) is 7.66. The summed E-state index contributed by atoms with van der Waals surface area (Å²) in [6, 6.07) is 1.96. The van der Waals surface area contributed by atoms with Crippen molar-refractivity contribution in [1.82, 2.24) is 0 Å². The number of hydrogen-bond donors (Lipinski definition) is 2. The third kappa shape index (κ3) is 7.71. The molecule has 140 valence electrons. The number of carbonyl (C=O) groups is 2. The van der Waals surface area contributed by atoms with Crippen LogP contribution in [0.3, 0.4) is 0 Å². The fraction of sp³-hybridized carbons (Fsp3) is 0.500. The van der Waals surface area contributed by atoms with Gasteiger partial charge in [0.05, 0.1) is 32.0 Å². The van der Waals surface area contributed by atoms with Gasteiger partial charge in [-0.3, -0.25) is 9.59 Å². The molecule has 1 aromatic rings. The maximum Gasteiger partial charge on any atom is 0.308 e. The van der Waals surface area contributed by atoms with E-state index in [-0.39, 0.29) is 12.5 Å². The van der Waals surface area contributed by atoms with Gasteiger partial charge in [-0.1, -0.05) is 6.92 Å². The minimum atomic E-state index is -0.827. The molecular formula is C16H20I3NO5. The SMILES string of the molecule is CCC(COCCCOc1c(I)cc(I)c(NC(C)=O)c1I)C(=O)O. The van der Waals surface area contributed by atoms with Crippen LogP contribution in [-0.2, 0) is 14.3 Å². The van der Waals surface area contributed by atoms with Crippen LogP contribution >= 0.6 is 67.8 Å². The lowest BCUT2D eigenvalue weighted by molar-refractivity contribution is -0.144. The molecule has 0 aliphatic rings. The zero-order valence-electron chi connectivity index (χ0n) is 13.9. The average Bonchev–Trinajstić information content (AvgIpc) is 2.52. The van der Waals surface area contributed by atoms with E-state index in [1.54, 1.807) is 0 Å². The van der Waals surface area contributed by atoms with Crippen molar-refractivity contribution in [2.75, 3.05) is 25.1 Å². The van der Waals surface area contributed by atoms with Crippen molar-refractivity contribution < 1.29 is 24.2 Å². The number of anilines is 1. The third-order valence-electron chi connectivity index (χ3n) is 3.27. The van der Waals surface area contributed by atoms with Gasteiger partial charge >= 0.3 is 5.97 Å². The Morgan fingerprint density at radius 3 is 2.48 bits per heavy atom. The maximum atomic E-state index is 11.4. The number of ether oxygens (including phenoxy) is 2. The topological polar surface area (TPSA) is 84.9 Å². The molecule has 0 radical (unpaired) electrons. The number of carboxylic acid groups (broad SMARTS) is 1. The lowest BCUT2D eigenvalue weighted by Crippen LogP contribution is -2.19. The van der Waals surface area contributed by atoms with Gasteiger partial charge in [0, 0.05) is 23.5 Å². The largest absolute Gasteiger partial charge is 0.491 e. The van der Waals surface area contributed by atoms with Gasteiger partial charge in [-0.15, -0.1) is 0 Å². The summed E-state index contributed by atoms with van der Waals surface area (Å²) in [4.78, 5) is 22.3. The van der Waals surface area contributed by atoms with Crippen molar-refractivity contribution in [2.24, 2.45) is 5.92 Å². The highest BCUT2D eigenvalue weighted by atomic mass is 127. The number of aliphatic carboxylic acids is 1. The smallest absolute Gasteiger partial charge is 0.308 e. The van der Waals surface area contributed by atoms with Gasteiger partial charge in [0.25, 0.3) is 0 Å². The molecule has 25 heavy (non-hydrogen) atoms. The molecule has 6 nitrogen and oxygen atoms in total. The normalized spacial score (nSPS) is 11.9. The van der Waals surface area contributed by atoms with E-state index in [0.29, 0.717) is 26.1 Å². The summed E-state index contributed by atoms with van der Waals surface area (Å²) in [7, 11) is 0. The molecule has 1 rings (SSSR count). The molecule has 9 heteroatoms. The van der Waals surface area contributed by atoms with E-state index in [2.05, 4.69) is 73.1 Å². The van der Waals surface area contributed by atoms with E-state index < -0.39 is 11.9 Å². The Bertz CT molecular complexity index is 624. The summed E-state index contributed by atoms with van der Waals surface area (Å²) in [5, 5.41) is 11.8. The number of hydrogen-bond acceptors (Lipinski definition) is 4. The quantitative estimate of drug-likeness (QED) is 0.283. The van der Waals surface area contributed by atoms with Crippen LogP contribution in [0.5, 0.6) is 5.75 Å². The van der Waals surface area contributed by atoms with Crippen LogP contribution in [0.15, 0.2) is 6.07 Å². The molecular weight excluding hydrogens is 667 g/mol. The molecule has 0 aromatic heterocycles. The Kier molecular flexibility index (Phi) is 10.9. The number of halogens is 3. The van der Waals surface area contributed by atoms with Gasteiger partial charge in [-0.25, -0.2) is 0 Å². The van der Waals surface area contributed by atoms with Crippen LogP contribution < -0.4 is 10.1 Å². The summed E-state index contributed by atoms with van der Waals surface area (Å²) < 4.78 is 14.1. The van der Waals surface area contributed by atoms with Crippen LogP contribution in [0.25, 0.3) is 0 Å². The van der Waals surface area contributed by atoms with E-state index in [0.717, 1.165) is 22.1 Å². The molecule has 0 heterocycles. The Morgan fingerprint density at radius 2 is 1.92 bits per heavy atom. The van der Waals surface area contributed by atoms with Gasteiger partial charge in [0.2, 0.25) is 5.91 Å². The molecule has 0 saturated heterocycles. The Labute approximate surface area is 188 Å². The molecule has 0 aliphatic carbocycles. The first kappa shape index (κ1) is 23.1. The molecule has 1 aromatic carbocycles. The average molecular weight is 687 g/mol. The minimum absolute atomic E-state index is 0.125. The maximum absolute atomic E-state index is 11.4. The molecule has 0 saturated carbocycles. The van der Waals surface area contributed by atoms with Crippen LogP contribution in [-0.4, -0.2) is 36.8 Å². The highest BCUT2D eigenvalue weighted by Crippen LogP contribution is 2.37. The van der Waals surface area contributed by atoms with Crippen molar-refractivity contribution in [3.05, 3.63) is 16.8 Å². The molecule has 1 amide bonds. The van der Waals surface area contributed by atoms with E-state index in [1.165, 1.54) is 6.92 Å². The summed E-state index contributed by atoms with van der Waals surface area (Å²) in [5.41, 5.74) is 0.757. The van der Waals surface area contributed by atoms with Gasteiger partial charge < -0.3 is 19.9 Å². The Balaban J connectivity index is 2.55. The number of carboxylic acids is 1. The predicted octanol–water partition coefficient (Wildman–Crippen LogP) is 4.36. The molecule has 0 bridgehead atoms. The number of benzene rings is 1. The number of nitrogens with one attached hydrogen (secondary N) is 1. The van der Waals surface area contributed by atoms with E-state index in [4.69, 9.17) is 14.6 Å². The van der Waals surface area contributed by atoms with Crippen LogP contribution in [0, 0.1) is 16.6 Å². The molecule has 2 N–H and O–H groups in total. The van der Waals surface area contributed by atoms with Crippen molar-refractivity contribution in [3.63, 3.8) is 0 Å². The zero-order valence-corrected chi connectivity index (χ0v) is 20.4. The third-order valence-corrected chi connectivity index (χ3v) is 5.95. The van der Waals surface area contributed by atoms with Gasteiger partial charge in [0.1, 0.15) is 5.75 Å². The number of carbonyl (C=O) groups excluding carboxylic acids is 1. The zero-order chi connectivity index (χ0) is 19.0. The highest BCUT2D eigenvalue weighted by molar-refractivity contribution is 14.1. The van der Waals surface area contributed by atoms with Crippen LogP contribution in [0.2, 0.25) is 0 Å². The second-order valence-corrected chi connectivity index (χ2v) is 8.66. The van der Waals surface area contributed by atoms with E-state index in [9.17, 15) is 9.59 Å². The summed E-state index contributed by atoms with van der Waals surface area (Å²) >= 11 is 6.56. The fourth-order valence-corrected chi connectivity index (χ4v) is 5.87. The van der Waals surface area contributed by atoms with Gasteiger partial charge in [-0.2, -0.15) is 0 Å². The summed E-state index contributed by atoms with van der Waals surface area (Å²) in [5.74, 6) is -0.672. The molecule has 1 atom stereocenters. The first-order chi connectivity index (χ1) is 11.8. The highest BCUT2D eigenvalue weighted by Gasteiger charge is 2.17. The standard InChI is InChI=1S/C16H20I3NO5/c1-3-10(16(22)23)8-24-5-4-6-25-15-12(18)7-11(17)14(13(15)19)20-9(2)21/h7,10H,3-6,8H2,1-2H3,(H,20,21)(H,22,23). The minimum Gasteiger partial charge on any atom is -0.491 e. The van der Waals surface area contributed by atoms with Crippen LogP contribution in [0.4, 0.5) is 5.69 Å². The summed E-state index contributed by atoms with van der Waals surface area (Å²) in [6.07, 6.45) is 1.21. The molecule has 0 fully saturated rings. The lowest BCUT2D eigenvalue weighted by Gasteiger charge is -2.16. The van der Waals surface area contributed by atoms with Crippen molar-refractivity contribution in [2.45, 2.75) is 26.7 Å². The summed E-state index contributed by atoms with van der Waals surface area (Å²) in [6.45, 7) is 4.42. The first-order valence-corrected chi connectivity index (χ1v) is 10.9. The second kappa shape index (κ2) is 11.7. The second-order valence-electron chi connectivity index (χ2n) is 5.26. The van der Waals surface area contributed by atoms with Crippen molar-refractivity contribution in [3.8, 4) is 5.75 Å². The molecule has 0 spiro atoms. The van der Waals surface area contributed by atoms with Gasteiger partial charge in [0.15, 0.2) is 0 Å². The van der Waals surface area contributed by atoms with Crippen molar-refractivity contribution in [1.29, 1.82) is 0 Å². The molecule has 0 aliphatic heterocycles. The van der Waals surface area contributed by atoms with E-state index >= 15 is 0 Å². The Hall–Kier alpha value is 0.110. The molecule has 1 unspecified atom stereocenters.